The Kier molecular flexibility index (Phi) is 5.50. The van der Waals surface area contributed by atoms with E-state index in [1.54, 1.807) is 17.0 Å². The summed E-state index contributed by atoms with van der Waals surface area (Å²) in [6, 6.07) is 21.7. The molecule has 0 atom stereocenters. The van der Waals surface area contributed by atoms with Crippen LogP contribution in [0.5, 0.6) is 0 Å². The van der Waals surface area contributed by atoms with Crippen LogP contribution in [0.3, 0.4) is 0 Å². The second-order valence-electron chi connectivity index (χ2n) is 6.38. The maximum absolute atomic E-state index is 13.2. The number of anilines is 1. The van der Waals surface area contributed by atoms with E-state index in [0.29, 0.717) is 11.7 Å². The summed E-state index contributed by atoms with van der Waals surface area (Å²) in [6.07, 6.45) is 0.187. The van der Waals surface area contributed by atoms with Crippen LogP contribution < -0.4 is 4.90 Å². The fourth-order valence-corrected chi connectivity index (χ4v) is 4.44. The molecule has 140 valence electrons. The zero-order valence-electron chi connectivity index (χ0n) is 14.8. The number of hydrogen-bond acceptors (Lipinski definition) is 3. The van der Waals surface area contributed by atoms with Gasteiger partial charge in [0, 0.05) is 4.47 Å². The standard InChI is InChI=1S/C22H16BrFN2OS/c23-17-8-11-19-20(13-17)28-22(25-19)26(14-16-4-2-1-3-5-16)21(27)12-15-6-9-18(24)10-7-15/h1-11,13H,12,14H2. The molecular formula is C22H16BrFN2OS. The first-order valence-corrected chi connectivity index (χ1v) is 10.3. The third-order valence-electron chi connectivity index (χ3n) is 4.32. The predicted octanol–water partition coefficient (Wildman–Crippen LogP) is 5.97. The van der Waals surface area contributed by atoms with Gasteiger partial charge in [-0.1, -0.05) is 69.7 Å². The topological polar surface area (TPSA) is 33.2 Å². The Bertz CT molecular complexity index is 1110. The van der Waals surface area contributed by atoms with E-state index in [4.69, 9.17) is 0 Å². The van der Waals surface area contributed by atoms with E-state index >= 15 is 0 Å². The maximum atomic E-state index is 13.2. The molecule has 0 aliphatic rings. The van der Waals surface area contributed by atoms with Crippen molar-refractivity contribution < 1.29 is 9.18 Å². The smallest absolute Gasteiger partial charge is 0.233 e. The van der Waals surface area contributed by atoms with Crippen LogP contribution in [-0.2, 0) is 17.8 Å². The fraction of sp³-hybridized carbons (Fsp3) is 0.0909. The van der Waals surface area contributed by atoms with Gasteiger partial charge in [0.05, 0.1) is 23.2 Å². The highest BCUT2D eigenvalue weighted by atomic mass is 79.9. The number of carbonyl (C=O) groups excluding carboxylic acids is 1. The molecule has 0 saturated carbocycles. The van der Waals surface area contributed by atoms with E-state index in [9.17, 15) is 9.18 Å². The first-order chi connectivity index (χ1) is 13.6. The third-order valence-corrected chi connectivity index (χ3v) is 5.86. The molecule has 0 aliphatic heterocycles. The SMILES string of the molecule is O=C(Cc1ccc(F)cc1)N(Cc1ccccc1)c1nc2ccc(Br)cc2s1. The lowest BCUT2D eigenvalue weighted by Crippen LogP contribution is -2.31. The summed E-state index contributed by atoms with van der Waals surface area (Å²) in [5.74, 6) is -0.386. The molecule has 0 unspecified atom stereocenters. The Morgan fingerprint density at radius 1 is 1.00 bits per heavy atom. The number of rotatable bonds is 5. The molecule has 1 heterocycles. The molecule has 1 aromatic heterocycles. The van der Waals surface area contributed by atoms with E-state index in [2.05, 4.69) is 20.9 Å². The first kappa shape index (κ1) is 18.8. The predicted molar refractivity (Wildman–Crippen MR) is 115 cm³/mol. The third kappa shape index (κ3) is 4.29. The highest BCUT2D eigenvalue weighted by Gasteiger charge is 2.20. The fourth-order valence-electron chi connectivity index (χ4n) is 2.90. The second kappa shape index (κ2) is 8.20. The zero-order chi connectivity index (χ0) is 19.5. The monoisotopic (exact) mass is 454 g/mol. The van der Waals surface area contributed by atoms with Gasteiger partial charge < -0.3 is 0 Å². The minimum atomic E-state index is -0.311. The van der Waals surface area contributed by atoms with Crippen molar-refractivity contribution in [2.24, 2.45) is 0 Å². The minimum Gasteiger partial charge on any atom is -0.283 e. The minimum absolute atomic E-state index is 0.0754. The molecule has 4 rings (SSSR count). The number of amides is 1. The maximum Gasteiger partial charge on any atom is 0.233 e. The van der Waals surface area contributed by atoms with Crippen molar-refractivity contribution >= 4 is 48.5 Å². The van der Waals surface area contributed by atoms with Crippen LogP contribution in [0.25, 0.3) is 10.2 Å². The van der Waals surface area contributed by atoms with Crippen molar-refractivity contribution in [2.75, 3.05) is 4.90 Å². The van der Waals surface area contributed by atoms with Crippen molar-refractivity contribution in [1.29, 1.82) is 0 Å². The first-order valence-electron chi connectivity index (χ1n) is 8.73. The summed E-state index contributed by atoms with van der Waals surface area (Å²) in [7, 11) is 0. The van der Waals surface area contributed by atoms with Crippen molar-refractivity contribution in [3.05, 3.63) is 94.2 Å². The molecule has 0 fully saturated rings. The van der Waals surface area contributed by atoms with Crippen molar-refractivity contribution in [3.8, 4) is 0 Å². The van der Waals surface area contributed by atoms with Crippen molar-refractivity contribution in [2.45, 2.75) is 13.0 Å². The molecule has 3 nitrogen and oxygen atoms in total. The molecule has 0 radical (unpaired) electrons. The van der Waals surface area contributed by atoms with Gasteiger partial charge in [-0.15, -0.1) is 0 Å². The molecule has 1 amide bonds. The highest BCUT2D eigenvalue weighted by Crippen LogP contribution is 2.32. The van der Waals surface area contributed by atoms with Crippen LogP contribution in [0.1, 0.15) is 11.1 Å². The molecule has 0 aliphatic carbocycles. The van der Waals surface area contributed by atoms with Crippen LogP contribution in [-0.4, -0.2) is 10.9 Å². The Morgan fingerprint density at radius 2 is 1.75 bits per heavy atom. The number of halogens is 2. The number of fused-ring (bicyclic) bond motifs is 1. The van der Waals surface area contributed by atoms with Gasteiger partial charge in [-0.05, 0) is 41.5 Å². The molecule has 4 aromatic rings. The van der Waals surface area contributed by atoms with Crippen molar-refractivity contribution in [1.82, 2.24) is 4.98 Å². The van der Waals surface area contributed by atoms with Crippen LogP contribution >= 0.6 is 27.3 Å². The second-order valence-corrected chi connectivity index (χ2v) is 8.30. The van der Waals surface area contributed by atoms with Gasteiger partial charge in [0.2, 0.25) is 5.91 Å². The van der Waals surface area contributed by atoms with Crippen LogP contribution in [0.2, 0.25) is 0 Å². The van der Waals surface area contributed by atoms with Crippen LogP contribution in [0.15, 0.2) is 77.3 Å². The van der Waals surface area contributed by atoms with Gasteiger partial charge in [0.15, 0.2) is 5.13 Å². The zero-order valence-corrected chi connectivity index (χ0v) is 17.2. The average molecular weight is 455 g/mol. The summed E-state index contributed by atoms with van der Waals surface area (Å²) >= 11 is 4.96. The van der Waals surface area contributed by atoms with Gasteiger partial charge in [-0.3, -0.25) is 9.69 Å². The quantitative estimate of drug-likeness (QED) is 0.371. The molecule has 0 N–H and O–H groups in total. The number of carbonyl (C=O) groups is 1. The van der Waals surface area contributed by atoms with Gasteiger partial charge in [0.25, 0.3) is 0 Å². The average Bonchev–Trinajstić information content (AvgIpc) is 3.11. The van der Waals surface area contributed by atoms with Gasteiger partial charge in [-0.2, -0.15) is 0 Å². The highest BCUT2D eigenvalue weighted by molar-refractivity contribution is 9.10. The Labute approximate surface area is 174 Å². The normalized spacial score (nSPS) is 10.9. The van der Waals surface area contributed by atoms with Gasteiger partial charge >= 0.3 is 0 Å². The number of benzene rings is 3. The number of nitrogens with zero attached hydrogens (tertiary/aromatic N) is 2. The summed E-state index contributed by atoms with van der Waals surface area (Å²) in [5, 5.41) is 0.657. The van der Waals surface area contributed by atoms with Gasteiger partial charge in [0.1, 0.15) is 5.82 Å². The Balaban J connectivity index is 1.67. The Hall–Kier alpha value is -2.57. The lowest BCUT2D eigenvalue weighted by molar-refractivity contribution is -0.118. The summed E-state index contributed by atoms with van der Waals surface area (Å²) < 4.78 is 15.2. The van der Waals surface area contributed by atoms with E-state index in [0.717, 1.165) is 25.8 Å². The lowest BCUT2D eigenvalue weighted by atomic mass is 10.1. The number of thiazole rings is 1. The molecule has 0 spiro atoms. The van der Waals surface area contributed by atoms with E-state index in [-0.39, 0.29) is 18.1 Å². The van der Waals surface area contributed by atoms with Crippen LogP contribution in [0.4, 0.5) is 9.52 Å². The summed E-state index contributed by atoms with van der Waals surface area (Å²) in [4.78, 5) is 19.5. The van der Waals surface area contributed by atoms with E-state index in [1.165, 1.54) is 23.5 Å². The van der Waals surface area contributed by atoms with Gasteiger partial charge in [-0.25, -0.2) is 9.37 Å². The van der Waals surface area contributed by atoms with E-state index < -0.39 is 0 Å². The Morgan fingerprint density at radius 3 is 2.50 bits per heavy atom. The molecule has 6 heteroatoms. The lowest BCUT2D eigenvalue weighted by Gasteiger charge is -2.20. The molecular weight excluding hydrogens is 439 g/mol. The molecule has 28 heavy (non-hydrogen) atoms. The summed E-state index contributed by atoms with van der Waals surface area (Å²) in [6.45, 7) is 0.432. The number of aromatic nitrogens is 1. The molecule has 0 saturated heterocycles. The van der Waals surface area contributed by atoms with E-state index in [1.807, 2.05) is 48.5 Å². The largest absolute Gasteiger partial charge is 0.283 e. The number of hydrogen-bond donors (Lipinski definition) is 0. The van der Waals surface area contributed by atoms with Crippen LogP contribution in [0, 0.1) is 5.82 Å². The summed E-state index contributed by atoms with van der Waals surface area (Å²) in [5.41, 5.74) is 2.65. The molecule has 3 aromatic carbocycles. The molecule has 0 bridgehead atoms. The van der Waals surface area contributed by atoms with Crippen molar-refractivity contribution in [3.63, 3.8) is 0 Å².